The monoisotopic (exact) mass is 292 g/mol. The van der Waals surface area contributed by atoms with Crippen molar-refractivity contribution in [1.82, 2.24) is 5.16 Å². The molecule has 7 nitrogen and oxygen atoms in total. The minimum Gasteiger partial charge on any atom is -0.493 e. The third-order valence-electron chi connectivity index (χ3n) is 2.62. The summed E-state index contributed by atoms with van der Waals surface area (Å²) >= 11 is 0. The van der Waals surface area contributed by atoms with Crippen molar-refractivity contribution in [3.63, 3.8) is 0 Å². The van der Waals surface area contributed by atoms with Gasteiger partial charge in [-0.05, 0) is 19.1 Å². The molecule has 0 atom stereocenters. The number of nitrogens with one attached hydrogen (secondary N) is 1. The molecule has 7 heteroatoms. The van der Waals surface area contributed by atoms with Crippen LogP contribution in [-0.2, 0) is 4.79 Å². The molecule has 0 aliphatic heterocycles. The molecular formula is C14H16N2O5. The summed E-state index contributed by atoms with van der Waals surface area (Å²) in [5.74, 6) is 1.99. The number of carbonyl (C=O) groups is 1. The zero-order valence-corrected chi connectivity index (χ0v) is 12.0. The summed E-state index contributed by atoms with van der Waals surface area (Å²) in [6.07, 6.45) is 0. The fraction of sp³-hybridized carbons (Fsp3) is 0.286. The molecule has 21 heavy (non-hydrogen) atoms. The molecule has 1 heterocycles. The Labute approximate surface area is 121 Å². The third-order valence-corrected chi connectivity index (χ3v) is 2.62. The Morgan fingerprint density at radius 2 is 2.05 bits per heavy atom. The number of amides is 1. The van der Waals surface area contributed by atoms with Gasteiger partial charge in [-0.2, -0.15) is 0 Å². The molecule has 0 aliphatic rings. The second kappa shape index (κ2) is 6.65. The van der Waals surface area contributed by atoms with Gasteiger partial charge in [0.2, 0.25) is 5.75 Å². The summed E-state index contributed by atoms with van der Waals surface area (Å²) in [5.41, 5.74) is 0. The van der Waals surface area contributed by atoms with Crippen molar-refractivity contribution in [3.05, 3.63) is 30.0 Å². The Balaban J connectivity index is 1.98. The van der Waals surface area contributed by atoms with Gasteiger partial charge in [0, 0.05) is 6.07 Å². The van der Waals surface area contributed by atoms with E-state index in [1.807, 2.05) is 0 Å². The molecule has 2 aromatic rings. The van der Waals surface area contributed by atoms with Crippen molar-refractivity contribution in [2.24, 2.45) is 0 Å². The second-order valence-electron chi connectivity index (χ2n) is 4.15. The van der Waals surface area contributed by atoms with Gasteiger partial charge in [-0.15, -0.1) is 0 Å². The number of hydrogen-bond donors (Lipinski definition) is 1. The molecule has 0 spiro atoms. The Hall–Kier alpha value is -2.70. The normalized spacial score (nSPS) is 10.0. The van der Waals surface area contributed by atoms with Gasteiger partial charge >= 0.3 is 0 Å². The van der Waals surface area contributed by atoms with Crippen LogP contribution in [0.3, 0.4) is 0 Å². The topological polar surface area (TPSA) is 82.8 Å². The van der Waals surface area contributed by atoms with E-state index in [0.717, 1.165) is 0 Å². The fourth-order valence-corrected chi connectivity index (χ4v) is 1.72. The first-order valence-corrected chi connectivity index (χ1v) is 6.21. The Bertz CT molecular complexity index is 624. The van der Waals surface area contributed by atoms with Crippen LogP contribution < -0.4 is 19.5 Å². The molecule has 1 aromatic heterocycles. The number of aryl methyl sites for hydroxylation is 1. The van der Waals surface area contributed by atoms with Crippen LogP contribution in [0.4, 0.5) is 5.82 Å². The van der Waals surface area contributed by atoms with Gasteiger partial charge in [0.25, 0.3) is 5.91 Å². The lowest BCUT2D eigenvalue weighted by Gasteiger charge is -2.13. The predicted molar refractivity (Wildman–Crippen MR) is 74.9 cm³/mol. The smallest absolute Gasteiger partial charge is 0.263 e. The molecule has 0 fully saturated rings. The molecule has 1 amide bonds. The van der Waals surface area contributed by atoms with E-state index in [-0.39, 0.29) is 12.5 Å². The molecule has 2 rings (SSSR count). The van der Waals surface area contributed by atoms with Crippen molar-refractivity contribution >= 4 is 11.7 Å². The van der Waals surface area contributed by atoms with Crippen molar-refractivity contribution in [3.8, 4) is 17.2 Å². The molecule has 0 aliphatic carbocycles. The summed E-state index contributed by atoms with van der Waals surface area (Å²) in [6, 6.07) is 6.79. The van der Waals surface area contributed by atoms with E-state index in [1.165, 1.54) is 14.2 Å². The summed E-state index contributed by atoms with van der Waals surface area (Å²) in [4.78, 5) is 11.8. The van der Waals surface area contributed by atoms with Gasteiger partial charge in [0.15, 0.2) is 23.9 Å². The standard InChI is InChI=1S/C14H16N2O5/c1-9-7-12(16-21-9)15-13(17)8-20-11-6-4-5-10(18-2)14(11)19-3/h4-7H,8H2,1-3H3,(H,15,16,17). The van der Waals surface area contributed by atoms with Crippen molar-refractivity contribution in [2.75, 3.05) is 26.1 Å². The maximum Gasteiger partial charge on any atom is 0.263 e. The minimum absolute atomic E-state index is 0.185. The van der Waals surface area contributed by atoms with Gasteiger partial charge in [-0.3, -0.25) is 4.79 Å². The van der Waals surface area contributed by atoms with Crippen molar-refractivity contribution in [2.45, 2.75) is 6.92 Å². The highest BCUT2D eigenvalue weighted by molar-refractivity contribution is 5.90. The van der Waals surface area contributed by atoms with Crippen LogP contribution in [0.2, 0.25) is 0 Å². The first-order valence-electron chi connectivity index (χ1n) is 6.21. The molecule has 1 aromatic carbocycles. The quantitative estimate of drug-likeness (QED) is 0.877. The van der Waals surface area contributed by atoms with Gasteiger partial charge in [-0.1, -0.05) is 11.2 Å². The molecule has 0 unspecified atom stereocenters. The number of anilines is 1. The minimum atomic E-state index is -0.354. The van der Waals surface area contributed by atoms with Crippen LogP contribution in [0.5, 0.6) is 17.2 Å². The average molecular weight is 292 g/mol. The maximum absolute atomic E-state index is 11.8. The van der Waals surface area contributed by atoms with Crippen molar-refractivity contribution in [1.29, 1.82) is 0 Å². The summed E-state index contributed by atoms with van der Waals surface area (Å²) < 4.78 is 20.7. The van der Waals surface area contributed by atoms with Gasteiger partial charge in [0.1, 0.15) is 5.76 Å². The third kappa shape index (κ3) is 3.65. The van der Waals surface area contributed by atoms with E-state index in [0.29, 0.717) is 28.8 Å². The van der Waals surface area contributed by atoms with Crippen molar-refractivity contribution < 1.29 is 23.5 Å². The van der Waals surface area contributed by atoms with Crippen LogP contribution in [-0.4, -0.2) is 31.9 Å². The predicted octanol–water partition coefficient (Wildman–Crippen LogP) is 2.02. The lowest BCUT2D eigenvalue weighted by molar-refractivity contribution is -0.118. The summed E-state index contributed by atoms with van der Waals surface area (Å²) in [6.45, 7) is 1.55. The number of hydrogen-bond acceptors (Lipinski definition) is 6. The molecule has 0 bridgehead atoms. The van der Waals surface area contributed by atoms with Crippen LogP contribution in [0, 0.1) is 6.92 Å². The molecular weight excluding hydrogens is 276 g/mol. The lowest BCUT2D eigenvalue weighted by Crippen LogP contribution is -2.20. The van der Waals surface area contributed by atoms with Crippen LogP contribution in [0.25, 0.3) is 0 Å². The molecule has 0 saturated heterocycles. The zero-order chi connectivity index (χ0) is 15.2. The Kier molecular flexibility index (Phi) is 4.65. The van der Waals surface area contributed by atoms with E-state index >= 15 is 0 Å². The number of aromatic nitrogens is 1. The molecule has 0 saturated carbocycles. The molecule has 0 radical (unpaired) electrons. The second-order valence-corrected chi connectivity index (χ2v) is 4.15. The number of ether oxygens (including phenoxy) is 3. The van der Waals surface area contributed by atoms with Gasteiger partial charge in [0.05, 0.1) is 14.2 Å². The number of benzene rings is 1. The summed E-state index contributed by atoms with van der Waals surface area (Å²) in [7, 11) is 3.03. The van der Waals surface area contributed by atoms with E-state index in [1.54, 1.807) is 31.2 Å². The lowest BCUT2D eigenvalue weighted by atomic mass is 10.3. The maximum atomic E-state index is 11.8. The highest BCUT2D eigenvalue weighted by Gasteiger charge is 2.13. The number of rotatable bonds is 6. The number of para-hydroxylation sites is 1. The molecule has 112 valence electrons. The zero-order valence-electron chi connectivity index (χ0n) is 12.0. The highest BCUT2D eigenvalue weighted by Crippen LogP contribution is 2.36. The summed E-state index contributed by atoms with van der Waals surface area (Å²) in [5, 5.41) is 6.22. The number of nitrogens with zero attached hydrogens (tertiary/aromatic N) is 1. The Morgan fingerprint density at radius 1 is 1.29 bits per heavy atom. The van der Waals surface area contributed by atoms with Crippen LogP contribution >= 0.6 is 0 Å². The number of carbonyl (C=O) groups excluding carboxylic acids is 1. The van der Waals surface area contributed by atoms with E-state index < -0.39 is 0 Å². The van der Waals surface area contributed by atoms with Gasteiger partial charge in [-0.25, -0.2) is 0 Å². The van der Waals surface area contributed by atoms with Crippen LogP contribution in [0.15, 0.2) is 28.8 Å². The molecule has 1 N–H and O–H groups in total. The van der Waals surface area contributed by atoms with E-state index in [2.05, 4.69) is 10.5 Å². The van der Waals surface area contributed by atoms with Crippen LogP contribution in [0.1, 0.15) is 5.76 Å². The van der Waals surface area contributed by atoms with E-state index in [9.17, 15) is 4.79 Å². The number of methoxy groups -OCH3 is 2. The average Bonchev–Trinajstić information content (AvgIpc) is 2.89. The Morgan fingerprint density at radius 3 is 2.67 bits per heavy atom. The first-order chi connectivity index (χ1) is 10.1. The highest BCUT2D eigenvalue weighted by atomic mass is 16.5. The largest absolute Gasteiger partial charge is 0.493 e. The SMILES string of the molecule is COc1cccc(OCC(=O)Nc2cc(C)on2)c1OC. The van der Waals surface area contributed by atoms with E-state index in [4.69, 9.17) is 18.7 Å². The van der Waals surface area contributed by atoms with Gasteiger partial charge < -0.3 is 24.1 Å². The fourth-order valence-electron chi connectivity index (χ4n) is 1.72. The first kappa shape index (κ1) is 14.7.